The van der Waals surface area contributed by atoms with E-state index in [2.05, 4.69) is 86.8 Å². The molecule has 0 N–H and O–H groups in total. The van der Waals surface area contributed by atoms with Gasteiger partial charge in [0.25, 0.3) is 0 Å². The van der Waals surface area contributed by atoms with Gasteiger partial charge in [-0.1, -0.05) is 182 Å². The Morgan fingerprint density at radius 1 is 0.492 bits per heavy atom. The average molecular weight is 880 g/mol. The topological polar surface area (TPSA) is 102 Å². The minimum atomic E-state index is -1.14. The molecular weight excluding hydrogens is 787 g/mol. The molecule has 2 unspecified atom stereocenters. The first-order valence-corrected chi connectivity index (χ1v) is 25.1. The number of nitrogens with zero attached hydrogens (tertiary/aromatic N) is 1. The Kier molecular flexibility index (Phi) is 42.6. The molecule has 360 valence electrons. The van der Waals surface area contributed by atoms with Gasteiger partial charge >= 0.3 is 11.9 Å². The van der Waals surface area contributed by atoms with E-state index in [0.29, 0.717) is 12.8 Å². The molecule has 0 fully saturated rings. The first-order valence-electron chi connectivity index (χ1n) is 25.1. The summed E-state index contributed by atoms with van der Waals surface area (Å²) in [6.45, 7) is 4.47. The highest BCUT2D eigenvalue weighted by molar-refractivity contribution is 5.70. The number of aliphatic carboxylic acids is 1. The van der Waals surface area contributed by atoms with Gasteiger partial charge in [0.15, 0.2) is 6.10 Å². The fraction of sp³-hybridized carbons (Fsp3) is 0.691. The summed E-state index contributed by atoms with van der Waals surface area (Å²) in [5.41, 5.74) is 0. The van der Waals surface area contributed by atoms with Gasteiger partial charge in [-0.15, -0.1) is 0 Å². The van der Waals surface area contributed by atoms with Crippen molar-refractivity contribution in [3.05, 3.63) is 85.1 Å². The number of hydrogen-bond acceptors (Lipinski definition) is 7. The summed E-state index contributed by atoms with van der Waals surface area (Å²) < 4.78 is 17.1. The van der Waals surface area contributed by atoms with Gasteiger partial charge in [0.1, 0.15) is 12.6 Å². The molecule has 0 rings (SSSR count). The van der Waals surface area contributed by atoms with Crippen LogP contribution in [-0.2, 0) is 28.6 Å². The van der Waals surface area contributed by atoms with Crippen LogP contribution in [0.2, 0.25) is 0 Å². The first kappa shape index (κ1) is 59.5. The zero-order valence-corrected chi connectivity index (χ0v) is 41.0. The number of carboxylic acids is 1. The van der Waals surface area contributed by atoms with Gasteiger partial charge in [0, 0.05) is 19.3 Å². The monoisotopic (exact) mass is 880 g/mol. The van der Waals surface area contributed by atoms with Crippen molar-refractivity contribution in [1.82, 2.24) is 0 Å². The Balaban J connectivity index is 4.39. The third-order valence-corrected chi connectivity index (χ3v) is 10.8. The highest BCUT2D eigenvalue weighted by Crippen LogP contribution is 2.14. The van der Waals surface area contributed by atoms with E-state index >= 15 is 0 Å². The van der Waals surface area contributed by atoms with Crippen LogP contribution < -0.4 is 5.11 Å². The molecule has 0 saturated carbocycles. The van der Waals surface area contributed by atoms with Gasteiger partial charge < -0.3 is 28.6 Å². The summed E-state index contributed by atoms with van der Waals surface area (Å²) in [5, 5.41) is 11.7. The summed E-state index contributed by atoms with van der Waals surface area (Å²) >= 11 is 0. The number of carbonyl (C=O) groups excluding carboxylic acids is 3. The van der Waals surface area contributed by atoms with E-state index in [9.17, 15) is 19.5 Å². The quantitative estimate of drug-likeness (QED) is 0.0260. The van der Waals surface area contributed by atoms with E-state index in [1.54, 1.807) is 21.1 Å². The van der Waals surface area contributed by atoms with Crippen molar-refractivity contribution in [3.63, 3.8) is 0 Å². The predicted octanol–water partition coefficient (Wildman–Crippen LogP) is 13.1. The molecule has 8 nitrogen and oxygen atoms in total. The van der Waals surface area contributed by atoms with Gasteiger partial charge in [-0.3, -0.25) is 9.59 Å². The molecule has 0 aromatic carbocycles. The molecule has 2 atom stereocenters. The van der Waals surface area contributed by atoms with Crippen LogP contribution in [0.15, 0.2) is 85.1 Å². The van der Waals surface area contributed by atoms with Crippen molar-refractivity contribution in [3.8, 4) is 0 Å². The summed E-state index contributed by atoms with van der Waals surface area (Å²) in [7, 11) is 5.38. The SMILES string of the molecule is CC/C=C/C/C=C/C/C=C/C/C=C/C/C=C/C/C=C/CCC(=O)OCC(COCCC(C(=O)[O-])[N+](C)(C)C)OC(=O)CCCCCCCCC/C=C/CCCCCCCCCCC. The first-order chi connectivity index (χ1) is 30.6. The lowest BCUT2D eigenvalue weighted by molar-refractivity contribution is -0.889. The summed E-state index contributed by atoms with van der Waals surface area (Å²) in [6, 6.07) is -0.742. The number of hydrogen-bond donors (Lipinski definition) is 0. The third kappa shape index (κ3) is 43.5. The van der Waals surface area contributed by atoms with E-state index in [-0.39, 0.29) is 49.1 Å². The number of quaternary nitrogens is 1. The van der Waals surface area contributed by atoms with Gasteiger partial charge in [-0.05, 0) is 77.0 Å². The van der Waals surface area contributed by atoms with E-state index in [4.69, 9.17) is 14.2 Å². The lowest BCUT2D eigenvalue weighted by atomic mass is 10.1. The molecule has 63 heavy (non-hydrogen) atoms. The van der Waals surface area contributed by atoms with Crippen LogP contribution in [0.25, 0.3) is 0 Å². The zero-order chi connectivity index (χ0) is 46.3. The smallest absolute Gasteiger partial charge is 0.306 e. The molecule has 0 saturated heterocycles. The minimum absolute atomic E-state index is 0.0114. The summed E-state index contributed by atoms with van der Waals surface area (Å²) in [4.78, 5) is 37.0. The van der Waals surface area contributed by atoms with Gasteiger partial charge in [0.2, 0.25) is 0 Å². The Labute approximate surface area is 386 Å². The second-order valence-corrected chi connectivity index (χ2v) is 17.7. The molecule has 0 amide bonds. The summed E-state index contributed by atoms with van der Waals surface area (Å²) in [6.07, 6.45) is 59.1. The number of carbonyl (C=O) groups is 3. The standard InChI is InChI=1S/C55H93NO7/c1-6-8-10-12-14-16-18-20-22-24-26-28-30-32-34-36-38-40-42-44-46-54(58)63-51(49-61-48-47-52(55(59)60)56(3,4)5)50-62-53(57)45-43-41-39-37-35-33-31-29-27-25-23-21-19-17-15-13-11-9-7-2/h9,11,15,17,21,23,26-29,33,35,39,41,51-52H,6-8,10,12-14,16,18-20,22,24-25,30-32,34,36-38,40,42-50H2,1-5H3/b11-9+,17-15+,23-21+,28-26+,29-27+,35-33+,41-39+. The molecule has 0 aliphatic heterocycles. The van der Waals surface area contributed by atoms with Crippen LogP contribution in [-0.4, -0.2) is 75.5 Å². The number of ether oxygens (including phenoxy) is 3. The van der Waals surface area contributed by atoms with Crippen LogP contribution in [0, 0.1) is 0 Å². The molecule has 0 aliphatic carbocycles. The van der Waals surface area contributed by atoms with Crippen LogP contribution in [0.5, 0.6) is 0 Å². The van der Waals surface area contributed by atoms with Crippen LogP contribution >= 0.6 is 0 Å². The molecule has 0 aromatic rings. The molecule has 0 aromatic heterocycles. The van der Waals surface area contributed by atoms with E-state index in [0.717, 1.165) is 57.8 Å². The maximum atomic E-state index is 12.8. The van der Waals surface area contributed by atoms with Gasteiger partial charge in [-0.2, -0.15) is 0 Å². The lowest BCUT2D eigenvalue weighted by Crippen LogP contribution is -2.55. The van der Waals surface area contributed by atoms with Crippen molar-refractivity contribution in [2.24, 2.45) is 0 Å². The number of rotatable bonds is 44. The lowest BCUT2D eigenvalue weighted by Gasteiger charge is -2.34. The fourth-order valence-corrected chi connectivity index (χ4v) is 6.91. The number of esters is 2. The Morgan fingerprint density at radius 2 is 0.921 bits per heavy atom. The van der Waals surface area contributed by atoms with E-state index in [1.165, 1.54) is 96.3 Å². The second-order valence-electron chi connectivity index (χ2n) is 17.7. The van der Waals surface area contributed by atoms with Gasteiger partial charge in [-0.25, -0.2) is 0 Å². The Bertz CT molecular complexity index is 1300. The molecule has 0 bridgehead atoms. The number of allylic oxidation sites excluding steroid dienone is 14. The molecule has 0 radical (unpaired) electrons. The van der Waals surface area contributed by atoms with E-state index < -0.39 is 18.1 Å². The predicted molar refractivity (Wildman–Crippen MR) is 263 cm³/mol. The van der Waals surface area contributed by atoms with Crippen molar-refractivity contribution in [1.29, 1.82) is 0 Å². The van der Waals surface area contributed by atoms with Crippen molar-refractivity contribution >= 4 is 17.9 Å². The molecule has 0 spiro atoms. The second kappa shape index (κ2) is 45.1. The highest BCUT2D eigenvalue weighted by atomic mass is 16.6. The molecular formula is C55H93NO7. The maximum Gasteiger partial charge on any atom is 0.306 e. The number of likely N-dealkylation sites (N-methyl/N-ethyl adjacent to an activating group) is 1. The largest absolute Gasteiger partial charge is 0.544 e. The van der Waals surface area contributed by atoms with Crippen LogP contribution in [0.1, 0.15) is 194 Å². The number of carboxylic acid groups (broad SMARTS) is 1. The third-order valence-electron chi connectivity index (χ3n) is 10.8. The van der Waals surface area contributed by atoms with Crippen molar-refractivity contribution in [2.45, 2.75) is 206 Å². The van der Waals surface area contributed by atoms with Crippen LogP contribution in [0.3, 0.4) is 0 Å². The molecule has 8 heteroatoms. The van der Waals surface area contributed by atoms with Crippen molar-refractivity contribution < 1.29 is 38.2 Å². The highest BCUT2D eigenvalue weighted by Gasteiger charge is 2.25. The Hall–Kier alpha value is -3.49. The van der Waals surface area contributed by atoms with Crippen LogP contribution in [0.4, 0.5) is 0 Å². The van der Waals surface area contributed by atoms with Gasteiger partial charge in [0.05, 0.1) is 40.3 Å². The molecule has 0 heterocycles. The Morgan fingerprint density at radius 3 is 1.38 bits per heavy atom. The zero-order valence-electron chi connectivity index (χ0n) is 41.0. The van der Waals surface area contributed by atoms with Crippen molar-refractivity contribution in [2.75, 3.05) is 41.0 Å². The van der Waals surface area contributed by atoms with E-state index in [1.807, 2.05) is 12.2 Å². The normalized spacial score (nSPS) is 13.6. The minimum Gasteiger partial charge on any atom is -0.544 e. The molecule has 0 aliphatic rings. The average Bonchev–Trinajstić information content (AvgIpc) is 3.24. The maximum absolute atomic E-state index is 12.8. The number of unbranched alkanes of at least 4 members (excludes halogenated alkanes) is 16. The fourth-order valence-electron chi connectivity index (χ4n) is 6.91. The summed E-state index contributed by atoms with van der Waals surface area (Å²) in [5.74, 6) is -1.85.